The molecular formula is C29H14F8N6O4. The maximum absolute atomic E-state index is 14.3. The summed E-state index contributed by atoms with van der Waals surface area (Å²) in [6.07, 6.45) is 0. The van der Waals surface area contributed by atoms with Crippen molar-refractivity contribution in [2.45, 2.75) is 19.3 Å². The number of carbonyl (C=O) groups excluding carboxylic acids is 2. The third-order valence-electron chi connectivity index (χ3n) is 6.75. The number of hydrogen-bond donors (Lipinski definition) is 0. The summed E-state index contributed by atoms with van der Waals surface area (Å²) in [5, 5.41) is 5.06. The second-order valence-electron chi connectivity index (χ2n) is 9.79. The van der Waals surface area contributed by atoms with Gasteiger partial charge in [0.15, 0.2) is 46.5 Å². The van der Waals surface area contributed by atoms with Crippen LogP contribution in [0.1, 0.15) is 45.7 Å². The minimum Gasteiger partial charge on any atom is -0.423 e. The molecule has 0 N–H and O–H groups in total. The van der Waals surface area contributed by atoms with Gasteiger partial charge in [-0.2, -0.15) is 0 Å². The van der Waals surface area contributed by atoms with Gasteiger partial charge < -0.3 is 9.47 Å². The quantitative estimate of drug-likeness (QED) is 0.0351. The summed E-state index contributed by atoms with van der Waals surface area (Å²) in [5.41, 5.74) is 10.3. The molecule has 0 aliphatic carbocycles. The van der Waals surface area contributed by atoms with E-state index in [4.69, 9.17) is 20.5 Å². The molecule has 0 bridgehead atoms. The molecule has 0 fully saturated rings. The summed E-state index contributed by atoms with van der Waals surface area (Å²) in [5.74, 6) is -21.1. The highest BCUT2D eigenvalue weighted by atomic mass is 19.2. The second-order valence-corrected chi connectivity index (χ2v) is 9.79. The lowest BCUT2D eigenvalue weighted by molar-refractivity contribution is 0.0711. The van der Waals surface area contributed by atoms with Gasteiger partial charge in [-0.25, -0.2) is 44.7 Å². The summed E-state index contributed by atoms with van der Waals surface area (Å²) in [4.78, 5) is 28.9. The highest BCUT2D eigenvalue weighted by Crippen LogP contribution is 2.35. The first-order chi connectivity index (χ1) is 22.1. The van der Waals surface area contributed by atoms with Gasteiger partial charge >= 0.3 is 11.9 Å². The van der Waals surface area contributed by atoms with Crippen molar-refractivity contribution in [1.82, 2.24) is 0 Å². The molecule has 0 aliphatic heterocycles. The normalized spacial score (nSPS) is 10.9. The molecule has 0 saturated heterocycles. The Morgan fingerprint density at radius 2 is 0.830 bits per heavy atom. The number of carbonyl (C=O) groups is 2. The topological polar surface area (TPSA) is 150 Å². The number of esters is 2. The third kappa shape index (κ3) is 6.22. The van der Waals surface area contributed by atoms with E-state index in [9.17, 15) is 44.7 Å². The predicted molar refractivity (Wildman–Crippen MR) is 145 cm³/mol. The number of azide groups is 2. The van der Waals surface area contributed by atoms with Crippen LogP contribution in [0.15, 0.2) is 58.8 Å². The molecule has 0 aromatic heterocycles. The number of halogens is 8. The number of nitrogens with zero attached hydrogens (tertiary/aromatic N) is 6. The van der Waals surface area contributed by atoms with Crippen molar-refractivity contribution in [3.05, 3.63) is 138 Å². The highest BCUT2D eigenvalue weighted by Gasteiger charge is 2.32. The van der Waals surface area contributed by atoms with Crippen LogP contribution in [-0.2, 0) is 5.41 Å². The second kappa shape index (κ2) is 13.1. The van der Waals surface area contributed by atoms with Crippen molar-refractivity contribution in [2.24, 2.45) is 10.2 Å². The van der Waals surface area contributed by atoms with Gasteiger partial charge in [0, 0.05) is 15.2 Å². The molecule has 4 rings (SSSR count). The molecule has 0 unspecified atom stereocenters. The van der Waals surface area contributed by atoms with Gasteiger partial charge in [0.2, 0.25) is 0 Å². The summed E-state index contributed by atoms with van der Waals surface area (Å²) < 4.78 is 123. The van der Waals surface area contributed by atoms with E-state index < -0.39 is 86.4 Å². The Hall–Kier alpha value is -6.12. The van der Waals surface area contributed by atoms with E-state index in [0.29, 0.717) is 11.1 Å². The zero-order valence-corrected chi connectivity index (χ0v) is 23.5. The van der Waals surface area contributed by atoms with Crippen LogP contribution < -0.4 is 9.47 Å². The van der Waals surface area contributed by atoms with Gasteiger partial charge in [-0.05, 0) is 46.5 Å². The maximum atomic E-state index is 14.3. The number of benzene rings is 4. The Labute approximate surface area is 257 Å². The average Bonchev–Trinajstić information content (AvgIpc) is 3.04. The monoisotopic (exact) mass is 662 g/mol. The molecule has 0 aliphatic rings. The van der Waals surface area contributed by atoms with Gasteiger partial charge in [0.25, 0.3) is 0 Å². The largest absolute Gasteiger partial charge is 0.423 e. The van der Waals surface area contributed by atoms with Gasteiger partial charge in [0.1, 0.15) is 34.0 Å². The summed E-state index contributed by atoms with van der Waals surface area (Å²) in [7, 11) is 0. The molecule has 0 radical (unpaired) electrons. The van der Waals surface area contributed by atoms with Crippen LogP contribution >= 0.6 is 0 Å². The first-order valence-corrected chi connectivity index (χ1v) is 12.6. The molecule has 0 amide bonds. The third-order valence-corrected chi connectivity index (χ3v) is 6.75. The lowest BCUT2D eigenvalue weighted by Crippen LogP contribution is -2.19. The molecule has 0 atom stereocenters. The van der Waals surface area contributed by atoms with Crippen LogP contribution in [0.3, 0.4) is 0 Å². The zero-order valence-electron chi connectivity index (χ0n) is 23.5. The summed E-state index contributed by atoms with van der Waals surface area (Å²) >= 11 is 0. The fourth-order valence-corrected chi connectivity index (χ4v) is 4.23. The minimum absolute atomic E-state index is 0.282. The maximum Gasteiger partial charge on any atom is 0.349 e. The number of hydrogen-bond acceptors (Lipinski definition) is 6. The number of ether oxygens (including phenoxy) is 2. The SMILES string of the molecule is CC(C)(c1ccc(OC(=O)c2c(F)c(F)c(N=[N+]=[N-])c(F)c2F)cc1)c1ccc(OC(=O)c2c(F)c(F)c(N=[N+]=[N-])c(F)c2F)cc1. The van der Waals surface area contributed by atoms with Gasteiger partial charge in [-0.1, -0.05) is 48.3 Å². The first-order valence-electron chi connectivity index (χ1n) is 12.6. The van der Waals surface area contributed by atoms with Crippen molar-refractivity contribution in [3.8, 4) is 11.5 Å². The van der Waals surface area contributed by atoms with E-state index in [0.717, 1.165) is 0 Å². The van der Waals surface area contributed by atoms with Crippen molar-refractivity contribution < 1.29 is 54.2 Å². The van der Waals surface area contributed by atoms with Crippen LogP contribution in [0.25, 0.3) is 20.9 Å². The van der Waals surface area contributed by atoms with Gasteiger partial charge in [-0.3, -0.25) is 0 Å². The Kier molecular flexibility index (Phi) is 9.40. The first kappa shape index (κ1) is 33.8. The van der Waals surface area contributed by atoms with Crippen LogP contribution in [0, 0.1) is 46.5 Å². The standard InChI is InChI=1S/C29H14F8N6O4/c1-29(2,11-3-7-13(8-4-11)46-27(44)15-17(30)21(34)25(40-42-38)22(35)18(15)31)12-5-9-14(10-6-12)47-28(45)16-19(32)23(36)26(41-43-39)24(37)20(16)33/h3-10H,1-2H3. The van der Waals surface area contributed by atoms with Crippen LogP contribution in [-0.4, -0.2) is 11.9 Å². The molecule has 4 aromatic carbocycles. The highest BCUT2D eigenvalue weighted by molar-refractivity contribution is 5.93. The lowest BCUT2D eigenvalue weighted by Gasteiger charge is -2.26. The molecule has 4 aromatic rings. The summed E-state index contributed by atoms with van der Waals surface area (Å²) in [6, 6.07) is 10.6. The molecule has 47 heavy (non-hydrogen) atoms. The van der Waals surface area contributed by atoms with Gasteiger partial charge in [0.05, 0.1) is 0 Å². The molecular weight excluding hydrogens is 648 g/mol. The Bertz CT molecular complexity index is 1840. The Morgan fingerprint density at radius 1 is 0.553 bits per heavy atom. The lowest BCUT2D eigenvalue weighted by atomic mass is 9.78. The predicted octanol–water partition coefficient (Wildman–Crippen LogP) is 9.45. The van der Waals surface area contributed by atoms with Crippen molar-refractivity contribution >= 4 is 23.3 Å². The fourth-order valence-electron chi connectivity index (χ4n) is 4.23. The fraction of sp³-hybridized carbons (Fsp3) is 0.103. The van der Waals surface area contributed by atoms with E-state index in [1.54, 1.807) is 13.8 Å². The van der Waals surface area contributed by atoms with Crippen molar-refractivity contribution in [1.29, 1.82) is 0 Å². The van der Waals surface area contributed by atoms with E-state index in [-0.39, 0.29) is 11.5 Å². The Balaban J connectivity index is 1.52. The molecule has 0 saturated carbocycles. The van der Waals surface area contributed by atoms with E-state index in [1.165, 1.54) is 48.5 Å². The van der Waals surface area contributed by atoms with E-state index >= 15 is 0 Å². The average molecular weight is 662 g/mol. The van der Waals surface area contributed by atoms with Crippen molar-refractivity contribution in [2.75, 3.05) is 0 Å². The van der Waals surface area contributed by atoms with Crippen molar-refractivity contribution in [3.63, 3.8) is 0 Å². The smallest absolute Gasteiger partial charge is 0.349 e. The molecule has 0 spiro atoms. The summed E-state index contributed by atoms with van der Waals surface area (Å²) in [6.45, 7) is 3.44. The van der Waals surface area contributed by atoms with Gasteiger partial charge in [-0.15, -0.1) is 0 Å². The molecule has 240 valence electrons. The minimum atomic E-state index is -2.14. The van der Waals surface area contributed by atoms with Crippen LogP contribution in [0.4, 0.5) is 46.5 Å². The van der Waals surface area contributed by atoms with E-state index in [2.05, 4.69) is 20.1 Å². The molecule has 10 nitrogen and oxygen atoms in total. The molecule has 18 heteroatoms. The van der Waals surface area contributed by atoms with Crippen LogP contribution in [0.2, 0.25) is 0 Å². The number of rotatable bonds is 8. The Morgan fingerprint density at radius 3 is 1.09 bits per heavy atom. The van der Waals surface area contributed by atoms with E-state index in [1.807, 2.05) is 0 Å². The zero-order chi connectivity index (χ0) is 34.8. The molecule has 0 heterocycles. The van der Waals surface area contributed by atoms with Crippen LogP contribution in [0.5, 0.6) is 11.5 Å².